The summed E-state index contributed by atoms with van der Waals surface area (Å²) in [5.74, 6) is 0. The second-order valence-electron chi connectivity index (χ2n) is 10.8. The molecule has 1 saturated carbocycles. The molecule has 5 rings (SSSR count). The fourth-order valence-corrected chi connectivity index (χ4v) is 6.67. The van der Waals surface area contributed by atoms with E-state index in [9.17, 15) is 10.1 Å². The molecule has 3 aromatic rings. The molecule has 1 heterocycles. The van der Waals surface area contributed by atoms with Crippen LogP contribution >= 0.6 is 23.2 Å². The number of urea groups is 1. The van der Waals surface area contributed by atoms with Gasteiger partial charge < -0.3 is 10.6 Å². The van der Waals surface area contributed by atoms with Crippen molar-refractivity contribution in [2.24, 2.45) is 0 Å². The number of hydrogen-bond acceptors (Lipinski definition) is 4. The number of carbonyl (C=O) groups is 1. The Balaban J connectivity index is 1.33. The van der Waals surface area contributed by atoms with Crippen molar-refractivity contribution in [1.29, 1.82) is 5.26 Å². The van der Waals surface area contributed by atoms with E-state index in [0.717, 1.165) is 36.3 Å². The molecule has 1 aliphatic heterocycles. The maximum atomic E-state index is 12.9. The lowest BCUT2D eigenvalue weighted by Gasteiger charge is -2.46. The molecule has 3 aromatic carbocycles. The maximum Gasteiger partial charge on any atom is 0.319 e. The highest BCUT2D eigenvalue weighted by Crippen LogP contribution is 2.31. The first kappa shape index (κ1) is 28.4. The van der Waals surface area contributed by atoms with Crippen molar-refractivity contribution in [1.82, 2.24) is 15.1 Å². The Morgan fingerprint density at radius 2 is 1.73 bits per heavy atom. The van der Waals surface area contributed by atoms with E-state index in [1.54, 1.807) is 18.2 Å². The van der Waals surface area contributed by atoms with Crippen molar-refractivity contribution in [3.63, 3.8) is 0 Å². The van der Waals surface area contributed by atoms with Gasteiger partial charge in [-0.1, -0.05) is 72.4 Å². The lowest BCUT2D eigenvalue weighted by Crippen LogP contribution is -2.56. The molecule has 1 saturated heterocycles. The van der Waals surface area contributed by atoms with Crippen molar-refractivity contribution in [3.8, 4) is 17.2 Å². The van der Waals surface area contributed by atoms with Crippen LogP contribution in [0.3, 0.4) is 0 Å². The molecule has 0 radical (unpaired) electrons. The lowest BCUT2D eigenvalue weighted by molar-refractivity contribution is 0.0289. The molecule has 8 heteroatoms. The van der Waals surface area contributed by atoms with E-state index in [1.165, 1.54) is 25.7 Å². The average Bonchev–Trinajstić information content (AvgIpc) is 3.49. The first-order valence-corrected chi connectivity index (χ1v) is 14.8. The molecule has 1 aliphatic carbocycles. The summed E-state index contributed by atoms with van der Waals surface area (Å²) in [5, 5.41) is 16.2. The van der Waals surface area contributed by atoms with Crippen LogP contribution in [-0.4, -0.2) is 54.1 Å². The summed E-state index contributed by atoms with van der Waals surface area (Å²) in [4.78, 5) is 18.1. The summed E-state index contributed by atoms with van der Waals surface area (Å²) in [6.07, 6.45) is 5.28. The largest absolute Gasteiger partial charge is 0.336 e. The molecular formula is C32H35Cl2N5O. The fraction of sp³-hybridized carbons (Fsp3) is 0.375. The zero-order valence-electron chi connectivity index (χ0n) is 22.7. The van der Waals surface area contributed by atoms with Gasteiger partial charge in [-0.3, -0.25) is 9.80 Å². The van der Waals surface area contributed by atoms with E-state index in [0.29, 0.717) is 39.9 Å². The molecule has 40 heavy (non-hydrogen) atoms. The summed E-state index contributed by atoms with van der Waals surface area (Å²) in [6, 6.07) is 24.1. The van der Waals surface area contributed by atoms with E-state index in [1.807, 2.05) is 24.3 Å². The molecule has 2 fully saturated rings. The van der Waals surface area contributed by atoms with Gasteiger partial charge in [0.2, 0.25) is 0 Å². The number of amides is 2. The maximum absolute atomic E-state index is 12.9. The molecule has 2 atom stereocenters. The van der Waals surface area contributed by atoms with Crippen molar-refractivity contribution in [3.05, 3.63) is 87.9 Å². The predicted octanol–water partition coefficient (Wildman–Crippen LogP) is 7.34. The summed E-state index contributed by atoms with van der Waals surface area (Å²) < 4.78 is 0. The van der Waals surface area contributed by atoms with Gasteiger partial charge in [-0.05, 0) is 66.8 Å². The minimum Gasteiger partial charge on any atom is -0.336 e. The SMILES string of the molecule is C[C@@H]1CN(C2CCCC2)CCN1[C@@H](CNC(=O)Nc1cc(Cl)cc(Cl)c1)c1ccc(-c2cccc(C#N)c2)cc1. The smallest absolute Gasteiger partial charge is 0.319 e. The third kappa shape index (κ3) is 6.97. The Morgan fingerprint density at radius 3 is 2.40 bits per heavy atom. The summed E-state index contributed by atoms with van der Waals surface area (Å²) in [5.41, 5.74) is 4.41. The zero-order valence-corrected chi connectivity index (χ0v) is 24.3. The van der Waals surface area contributed by atoms with Gasteiger partial charge in [-0.25, -0.2) is 4.79 Å². The van der Waals surface area contributed by atoms with E-state index >= 15 is 0 Å². The summed E-state index contributed by atoms with van der Waals surface area (Å²) in [7, 11) is 0. The van der Waals surface area contributed by atoms with E-state index in [4.69, 9.17) is 23.2 Å². The highest BCUT2D eigenvalue weighted by Gasteiger charge is 2.34. The Bertz CT molecular complexity index is 1350. The van der Waals surface area contributed by atoms with Crippen molar-refractivity contribution in [2.45, 2.75) is 50.7 Å². The highest BCUT2D eigenvalue weighted by molar-refractivity contribution is 6.35. The normalized spacial score (nSPS) is 19.2. The number of benzene rings is 3. The molecule has 0 spiro atoms. The molecule has 0 unspecified atom stereocenters. The number of nitrogens with zero attached hydrogens (tertiary/aromatic N) is 3. The standard InChI is InChI=1S/C32H35Cl2N5O/c1-22-21-38(30-7-2-3-8-30)13-14-39(22)31(20-36-32(40)37-29-17-27(33)16-28(34)18-29)25-11-9-24(10-12-25)26-6-4-5-23(15-26)19-35/h4-6,9-12,15-18,22,30-31H,2-3,7-8,13-14,20-21H2,1H3,(H2,36,37,40)/t22-,31+/m1/s1. The number of anilines is 1. The number of nitriles is 1. The molecule has 2 N–H and O–H groups in total. The Morgan fingerprint density at radius 1 is 1.00 bits per heavy atom. The quantitative estimate of drug-likeness (QED) is 0.309. The van der Waals surface area contributed by atoms with Crippen LogP contribution in [0.2, 0.25) is 10.0 Å². The fourth-order valence-electron chi connectivity index (χ4n) is 6.15. The average molecular weight is 577 g/mol. The van der Waals surface area contributed by atoms with Crippen LogP contribution in [0.5, 0.6) is 0 Å². The number of halogens is 2. The number of nitrogens with one attached hydrogen (secondary N) is 2. The summed E-state index contributed by atoms with van der Waals surface area (Å²) in [6.45, 7) is 5.77. The van der Waals surface area contributed by atoms with E-state index in [2.05, 4.69) is 57.7 Å². The Labute approximate surface area is 246 Å². The topological polar surface area (TPSA) is 71.4 Å². The van der Waals surface area contributed by atoms with Gasteiger partial charge in [0.25, 0.3) is 0 Å². The number of piperazine rings is 1. The van der Waals surface area contributed by atoms with E-state index < -0.39 is 0 Å². The van der Waals surface area contributed by atoms with Crippen LogP contribution in [0.25, 0.3) is 11.1 Å². The van der Waals surface area contributed by atoms with Crippen LogP contribution in [0.4, 0.5) is 10.5 Å². The van der Waals surface area contributed by atoms with Crippen LogP contribution in [-0.2, 0) is 0 Å². The molecule has 2 amide bonds. The molecular weight excluding hydrogens is 541 g/mol. The van der Waals surface area contributed by atoms with Crippen molar-refractivity contribution >= 4 is 34.9 Å². The minimum atomic E-state index is -0.300. The molecule has 0 aromatic heterocycles. The lowest BCUT2D eigenvalue weighted by atomic mass is 9.97. The van der Waals surface area contributed by atoms with Crippen LogP contribution in [0, 0.1) is 11.3 Å². The third-order valence-corrected chi connectivity index (χ3v) is 8.59. The second-order valence-corrected chi connectivity index (χ2v) is 11.7. The third-order valence-electron chi connectivity index (χ3n) is 8.15. The number of rotatable bonds is 7. The van der Waals surface area contributed by atoms with Crippen LogP contribution < -0.4 is 10.6 Å². The van der Waals surface area contributed by atoms with Gasteiger partial charge in [0, 0.05) is 54.0 Å². The van der Waals surface area contributed by atoms with E-state index in [-0.39, 0.29) is 12.1 Å². The molecule has 2 aliphatic rings. The molecule has 0 bridgehead atoms. The minimum absolute atomic E-state index is 0.00826. The van der Waals surface area contributed by atoms with Crippen molar-refractivity contribution in [2.75, 3.05) is 31.5 Å². The number of carbonyl (C=O) groups excluding carboxylic acids is 1. The summed E-state index contributed by atoms with van der Waals surface area (Å²) >= 11 is 12.2. The number of hydrogen-bond donors (Lipinski definition) is 2. The second kappa shape index (κ2) is 13.1. The van der Waals surface area contributed by atoms with Gasteiger partial charge in [-0.2, -0.15) is 5.26 Å². The Kier molecular flexibility index (Phi) is 9.29. The highest BCUT2D eigenvalue weighted by atomic mass is 35.5. The van der Waals surface area contributed by atoms with Gasteiger partial charge in [0.15, 0.2) is 0 Å². The molecule has 6 nitrogen and oxygen atoms in total. The first-order valence-electron chi connectivity index (χ1n) is 14.0. The van der Waals surface area contributed by atoms with Gasteiger partial charge in [-0.15, -0.1) is 0 Å². The Hall–Kier alpha value is -3.08. The predicted molar refractivity (Wildman–Crippen MR) is 163 cm³/mol. The van der Waals surface area contributed by atoms with Crippen LogP contribution in [0.15, 0.2) is 66.7 Å². The van der Waals surface area contributed by atoms with Crippen molar-refractivity contribution < 1.29 is 4.79 Å². The van der Waals surface area contributed by atoms with Crippen LogP contribution in [0.1, 0.15) is 49.8 Å². The van der Waals surface area contributed by atoms with Gasteiger partial charge in [0.05, 0.1) is 17.7 Å². The monoisotopic (exact) mass is 575 g/mol. The molecule has 208 valence electrons. The first-order chi connectivity index (χ1) is 19.4. The van der Waals surface area contributed by atoms with Gasteiger partial charge in [0.1, 0.15) is 0 Å². The van der Waals surface area contributed by atoms with Gasteiger partial charge >= 0.3 is 6.03 Å². The zero-order chi connectivity index (χ0) is 28.1.